The van der Waals surface area contributed by atoms with Crippen LogP contribution in [0.15, 0.2) is 66.1 Å². The molecule has 1 amide bonds. The zero-order chi connectivity index (χ0) is 30.3. The molecule has 1 saturated heterocycles. The summed E-state index contributed by atoms with van der Waals surface area (Å²) in [6, 6.07) is 11.8. The Morgan fingerprint density at radius 3 is 2.44 bits per heavy atom. The number of piperazine rings is 1. The van der Waals surface area contributed by atoms with E-state index in [1.165, 1.54) is 16.7 Å². The van der Waals surface area contributed by atoms with Crippen molar-refractivity contribution in [2.45, 2.75) is 60.0 Å². The molecule has 1 aliphatic rings. The molecule has 224 valence electrons. The molecule has 2 atom stereocenters. The van der Waals surface area contributed by atoms with Crippen LogP contribution in [0.25, 0.3) is 28.0 Å². The van der Waals surface area contributed by atoms with Gasteiger partial charge >= 0.3 is 11.7 Å². The second-order valence-corrected chi connectivity index (χ2v) is 11.0. The average Bonchev–Trinajstić information content (AvgIpc) is 2.97. The van der Waals surface area contributed by atoms with Gasteiger partial charge in [0, 0.05) is 36.9 Å². The molecular formula is C33H38N6O4. The van der Waals surface area contributed by atoms with Gasteiger partial charge in [-0.1, -0.05) is 46.1 Å². The topological polar surface area (TPSA) is 122 Å². The second-order valence-electron chi connectivity index (χ2n) is 11.0. The fourth-order valence-corrected chi connectivity index (χ4v) is 5.68. The van der Waals surface area contributed by atoms with Gasteiger partial charge in [-0.2, -0.15) is 4.98 Å². The number of hydrogen-bond donors (Lipinski definition) is 1. The minimum absolute atomic E-state index is 0. The molecule has 0 unspecified atom stereocenters. The summed E-state index contributed by atoms with van der Waals surface area (Å²) in [4.78, 5) is 56.5. The van der Waals surface area contributed by atoms with Crippen molar-refractivity contribution >= 4 is 28.7 Å². The van der Waals surface area contributed by atoms with E-state index in [-0.39, 0.29) is 36.9 Å². The highest BCUT2D eigenvalue weighted by Crippen LogP contribution is 2.33. The van der Waals surface area contributed by atoms with Crippen LogP contribution >= 0.6 is 0 Å². The van der Waals surface area contributed by atoms with Crippen molar-refractivity contribution in [1.29, 1.82) is 0 Å². The Balaban J connectivity index is 0.00000423. The van der Waals surface area contributed by atoms with E-state index >= 15 is 0 Å². The number of carboxylic acids is 1. The highest BCUT2D eigenvalue weighted by molar-refractivity contribution is 5.97. The van der Waals surface area contributed by atoms with Crippen molar-refractivity contribution < 1.29 is 14.7 Å². The van der Waals surface area contributed by atoms with Gasteiger partial charge in [-0.15, -0.1) is 0 Å². The fraction of sp³-hybridized carbons (Fsp3) is 0.333. The first-order chi connectivity index (χ1) is 20.0. The van der Waals surface area contributed by atoms with Crippen LogP contribution in [0.4, 0.5) is 5.82 Å². The number of amides is 1. The number of anilines is 1. The lowest BCUT2D eigenvalue weighted by atomic mass is 10.0. The van der Waals surface area contributed by atoms with Crippen LogP contribution in [-0.2, 0) is 4.79 Å². The van der Waals surface area contributed by atoms with Crippen LogP contribution < -0.4 is 10.6 Å². The lowest BCUT2D eigenvalue weighted by molar-refractivity contribution is -0.128. The first-order valence-electron chi connectivity index (χ1n) is 14.0. The molecule has 5 rings (SSSR count). The van der Waals surface area contributed by atoms with Crippen molar-refractivity contribution in [3.05, 3.63) is 88.6 Å². The van der Waals surface area contributed by atoms with Crippen LogP contribution in [0.1, 0.15) is 62.7 Å². The predicted octanol–water partition coefficient (Wildman–Crippen LogP) is 5.22. The molecule has 1 N–H and O–H groups in total. The van der Waals surface area contributed by atoms with Crippen LogP contribution in [0.2, 0.25) is 0 Å². The van der Waals surface area contributed by atoms with Crippen LogP contribution in [0, 0.1) is 6.92 Å². The van der Waals surface area contributed by atoms with Crippen molar-refractivity contribution in [3.8, 4) is 16.9 Å². The Labute approximate surface area is 251 Å². The lowest BCUT2D eigenvalue weighted by Gasteiger charge is -2.44. The third-order valence-corrected chi connectivity index (χ3v) is 7.79. The first-order valence-corrected chi connectivity index (χ1v) is 14.0. The van der Waals surface area contributed by atoms with E-state index < -0.39 is 11.7 Å². The monoisotopic (exact) mass is 582 g/mol. The fourth-order valence-electron chi connectivity index (χ4n) is 5.68. The molecule has 10 nitrogen and oxygen atoms in total. The lowest BCUT2D eigenvalue weighted by Crippen LogP contribution is -2.58. The third kappa shape index (κ3) is 5.52. The van der Waals surface area contributed by atoms with Crippen LogP contribution in [0.5, 0.6) is 0 Å². The Hall–Kier alpha value is -4.86. The summed E-state index contributed by atoms with van der Waals surface area (Å²) in [5.74, 6) is -0.734. The Morgan fingerprint density at radius 2 is 1.77 bits per heavy atom. The average molecular weight is 583 g/mol. The molecule has 3 aromatic heterocycles. The van der Waals surface area contributed by atoms with Gasteiger partial charge in [-0.3, -0.25) is 9.78 Å². The summed E-state index contributed by atoms with van der Waals surface area (Å²) in [5, 5.41) is 10.5. The number of rotatable bonds is 6. The summed E-state index contributed by atoms with van der Waals surface area (Å²) < 4.78 is 1.50. The van der Waals surface area contributed by atoms with Gasteiger partial charge in [0.15, 0.2) is 5.65 Å². The van der Waals surface area contributed by atoms with E-state index in [4.69, 9.17) is 4.98 Å². The van der Waals surface area contributed by atoms with Gasteiger partial charge in [0.25, 0.3) is 0 Å². The molecule has 1 fully saturated rings. The molecule has 0 spiro atoms. The second kappa shape index (κ2) is 12.2. The standard InChI is InChI=1S/C32H34N6O4.CH4/c1-7-26(39)36-16-21(6)37(17-20(36)5)29-24-12-13-25(22-10-8-9-11-23(22)31(40)41)34-30(24)38(32(42)35-29)28-19(4)14-15-33-27(28)18(2)3;/h7-15,18,20-21H,1,16-17H2,2-6H3,(H,40,41);1H4/t20-,21+;/m1./s1. The van der Waals surface area contributed by atoms with Gasteiger partial charge in [-0.05, 0) is 62.6 Å². The Morgan fingerprint density at radius 1 is 1.05 bits per heavy atom. The summed E-state index contributed by atoms with van der Waals surface area (Å²) in [7, 11) is 0. The van der Waals surface area contributed by atoms with Crippen molar-refractivity contribution in [3.63, 3.8) is 0 Å². The summed E-state index contributed by atoms with van der Waals surface area (Å²) in [6.07, 6.45) is 3.04. The highest BCUT2D eigenvalue weighted by atomic mass is 16.4. The number of benzene rings is 1. The molecular weight excluding hydrogens is 544 g/mol. The van der Waals surface area contributed by atoms with Gasteiger partial charge < -0.3 is 14.9 Å². The van der Waals surface area contributed by atoms with Crippen LogP contribution in [0.3, 0.4) is 0 Å². The molecule has 4 heterocycles. The number of carboxylic acid groups (broad SMARTS) is 1. The van der Waals surface area contributed by atoms with E-state index in [1.54, 1.807) is 35.4 Å². The Bertz CT molecular complexity index is 1780. The van der Waals surface area contributed by atoms with Gasteiger partial charge in [-0.25, -0.2) is 19.1 Å². The number of fused-ring (bicyclic) bond motifs is 1. The predicted molar refractivity (Wildman–Crippen MR) is 169 cm³/mol. The highest BCUT2D eigenvalue weighted by Gasteiger charge is 2.33. The molecule has 1 aliphatic heterocycles. The van der Waals surface area contributed by atoms with E-state index in [1.807, 2.05) is 51.7 Å². The minimum atomic E-state index is -1.07. The number of hydrogen-bond acceptors (Lipinski definition) is 7. The molecule has 43 heavy (non-hydrogen) atoms. The number of carbonyl (C=O) groups excluding carboxylic acids is 1. The summed E-state index contributed by atoms with van der Waals surface area (Å²) in [6.45, 7) is 14.4. The van der Waals surface area contributed by atoms with E-state index in [0.717, 1.165) is 11.3 Å². The number of pyridine rings is 2. The normalized spacial score (nSPS) is 16.7. The SMILES string of the molecule is C.C=CC(=O)N1C[C@H](C)N(c2nc(=O)n(-c3c(C)ccnc3C(C)C)c3nc(-c4ccccc4C(=O)O)ccc23)C[C@H]1C. The summed E-state index contributed by atoms with van der Waals surface area (Å²) in [5.41, 5.74) is 2.98. The number of carbonyl (C=O) groups is 2. The number of aryl methyl sites for hydroxylation is 1. The number of aromatic nitrogens is 4. The maximum Gasteiger partial charge on any atom is 0.355 e. The van der Waals surface area contributed by atoms with E-state index in [9.17, 15) is 19.5 Å². The smallest absolute Gasteiger partial charge is 0.355 e. The van der Waals surface area contributed by atoms with Crippen molar-refractivity contribution in [2.75, 3.05) is 18.0 Å². The molecule has 0 radical (unpaired) electrons. The molecule has 4 aromatic rings. The molecule has 1 aromatic carbocycles. The maximum absolute atomic E-state index is 14.0. The van der Waals surface area contributed by atoms with Crippen LogP contribution in [-0.4, -0.2) is 66.6 Å². The van der Waals surface area contributed by atoms with Gasteiger partial charge in [0.2, 0.25) is 5.91 Å². The van der Waals surface area contributed by atoms with Crippen molar-refractivity contribution in [2.24, 2.45) is 0 Å². The maximum atomic E-state index is 14.0. The summed E-state index contributed by atoms with van der Waals surface area (Å²) >= 11 is 0. The zero-order valence-electron chi connectivity index (χ0n) is 24.4. The zero-order valence-corrected chi connectivity index (χ0v) is 24.4. The minimum Gasteiger partial charge on any atom is -0.478 e. The third-order valence-electron chi connectivity index (χ3n) is 7.79. The van der Waals surface area contributed by atoms with Gasteiger partial charge in [0.1, 0.15) is 5.82 Å². The number of aromatic carboxylic acids is 1. The van der Waals surface area contributed by atoms with Crippen molar-refractivity contribution in [1.82, 2.24) is 24.4 Å². The van der Waals surface area contributed by atoms with E-state index in [2.05, 4.69) is 16.5 Å². The molecule has 0 aliphatic carbocycles. The molecule has 0 bridgehead atoms. The Kier molecular flexibility index (Phi) is 8.80. The largest absolute Gasteiger partial charge is 0.478 e. The quantitative estimate of drug-likeness (QED) is 0.307. The number of nitrogens with zero attached hydrogens (tertiary/aromatic N) is 6. The van der Waals surface area contributed by atoms with Gasteiger partial charge in [0.05, 0.1) is 28.0 Å². The molecule has 0 saturated carbocycles. The van der Waals surface area contributed by atoms with E-state index in [0.29, 0.717) is 46.9 Å². The first kappa shape index (κ1) is 31.1. The molecule has 10 heteroatoms.